The molecule has 116 valence electrons. The number of rotatable bonds is 6. The number of carbonyl (C=O) groups excluding carboxylic acids is 2. The van der Waals surface area contributed by atoms with Crippen LogP contribution in [0.3, 0.4) is 0 Å². The van der Waals surface area contributed by atoms with Crippen LogP contribution in [-0.2, 0) is 4.79 Å². The maximum absolute atomic E-state index is 12.0. The van der Waals surface area contributed by atoms with Crippen molar-refractivity contribution >= 4 is 39.8 Å². The Bertz CT molecular complexity index is 687. The summed E-state index contributed by atoms with van der Waals surface area (Å²) >= 11 is 7.37. The number of primary amides is 1. The van der Waals surface area contributed by atoms with Gasteiger partial charge in [0.15, 0.2) is 0 Å². The summed E-state index contributed by atoms with van der Waals surface area (Å²) in [6.45, 7) is 2.02. The first-order valence-electron chi connectivity index (χ1n) is 6.64. The average Bonchev–Trinajstić information content (AvgIpc) is 2.93. The van der Waals surface area contributed by atoms with Crippen molar-refractivity contribution < 1.29 is 9.59 Å². The average molecular weight is 338 g/mol. The first kappa shape index (κ1) is 16.5. The van der Waals surface area contributed by atoms with Crippen molar-refractivity contribution in [3.8, 4) is 0 Å². The third kappa shape index (κ3) is 4.07. The van der Waals surface area contributed by atoms with Crippen LogP contribution in [0.15, 0.2) is 35.7 Å². The number of thiophene rings is 1. The molecule has 0 aliphatic heterocycles. The third-order valence-electron chi connectivity index (χ3n) is 3.12. The second kappa shape index (κ2) is 7.40. The fraction of sp³-hybridized carbons (Fsp3) is 0.200. The molecule has 1 aromatic heterocycles. The molecule has 2 aromatic rings. The van der Waals surface area contributed by atoms with E-state index in [0.717, 1.165) is 5.56 Å². The molecule has 22 heavy (non-hydrogen) atoms. The van der Waals surface area contributed by atoms with Crippen LogP contribution in [0, 0.1) is 0 Å². The molecule has 0 radical (unpaired) electrons. The van der Waals surface area contributed by atoms with Gasteiger partial charge in [0, 0.05) is 11.1 Å². The summed E-state index contributed by atoms with van der Waals surface area (Å²) in [6.07, 6.45) is 0. The number of nitrogens with one attached hydrogen (secondary N) is 2. The van der Waals surface area contributed by atoms with Crippen molar-refractivity contribution in [1.82, 2.24) is 5.32 Å². The van der Waals surface area contributed by atoms with Gasteiger partial charge in [0.25, 0.3) is 5.91 Å². The summed E-state index contributed by atoms with van der Waals surface area (Å²) < 4.78 is 0. The smallest absolute Gasteiger partial charge is 0.251 e. The largest absolute Gasteiger partial charge is 0.366 e. The van der Waals surface area contributed by atoms with Crippen LogP contribution in [0.4, 0.5) is 5.00 Å². The highest BCUT2D eigenvalue weighted by molar-refractivity contribution is 7.14. The molecule has 1 heterocycles. The highest BCUT2D eigenvalue weighted by Crippen LogP contribution is 2.23. The lowest BCUT2D eigenvalue weighted by atomic mass is 10.1. The Morgan fingerprint density at radius 2 is 2.05 bits per heavy atom. The molecule has 0 aliphatic carbocycles. The summed E-state index contributed by atoms with van der Waals surface area (Å²) in [5.74, 6) is -0.808. The van der Waals surface area contributed by atoms with Crippen molar-refractivity contribution in [2.24, 2.45) is 5.73 Å². The van der Waals surface area contributed by atoms with Crippen molar-refractivity contribution in [3.05, 3.63) is 51.9 Å². The summed E-state index contributed by atoms with van der Waals surface area (Å²) in [7, 11) is 0. The lowest BCUT2D eigenvalue weighted by molar-refractivity contribution is -0.115. The SMILES string of the molecule is C[C@@H](NCC(=O)Nc1sccc1C(N)=O)c1ccccc1Cl. The third-order valence-corrected chi connectivity index (χ3v) is 4.30. The van der Waals surface area contributed by atoms with Crippen molar-refractivity contribution in [2.45, 2.75) is 13.0 Å². The number of anilines is 1. The van der Waals surface area contributed by atoms with Crippen LogP contribution in [0.25, 0.3) is 0 Å². The fourth-order valence-electron chi connectivity index (χ4n) is 1.95. The summed E-state index contributed by atoms with van der Waals surface area (Å²) in [4.78, 5) is 23.2. The van der Waals surface area contributed by atoms with E-state index in [1.807, 2.05) is 25.1 Å². The Morgan fingerprint density at radius 3 is 2.73 bits per heavy atom. The molecule has 0 spiro atoms. The Labute approximate surface area is 137 Å². The maximum Gasteiger partial charge on any atom is 0.251 e. The Kier molecular flexibility index (Phi) is 5.54. The van der Waals surface area contributed by atoms with Gasteiger partial charge in [-0.2, -0.15) is 0 Å². The van der Waals surface area contributed by atoms with Gasteiger partial charge in [0.1, 0.15) is 5.00 Å². The molecule has 7 heteroatoms. The number of amides is 2. The van der Waals surface area contributed by atoms with E-state index >= 15 is 0 Å². The van der Waals surface area contributed by atoms with Crippen LogP contribution >= 0.6 is 22.9 Å². The van der Waals surface area contributed by atoms with Crippen LogP contribution in [0.2, 0.25) is 5.02 Å². The van der Waals surface area contributed by atoms with Gasteiger partial charge in [-0.05, 0) is 30.0 Å². The van der Waals surface area contributed by atoms with E-state index < -0.39 is 5.91 Å². The molecule has 0 saturated carbocycles. The zero-order valence-corrected chi connectivity index (χ0v) is 13.5. The van der Waals surface area contributed by atoms with Gasteiger partial charge >= 0.3 is 0 Å². The minimum Gasteiger partial charge on any atom is -0.366 e. The monoisotopic (exact) mass is 337 g/mol. The van der Waals surface area contributed by atoms with Gasteiger partial charge in [-0.25, -0.2) is 0 Å². The first-order chi connectivity index (χ1) is 10.5. The van der Waals surface area contributed by atoms with Crippen LogP contribution in [0.1, 0.15) is 28.9 Å². The standard InChI is InChI=1S/C15H16ClN3O2S/c1-9(10-4-2-3-5-12(10)16)18-8-13(20)19-15-11(14(17)21)6-7-22-15/h2-7,9,18H,8H2,1H3,(H2,17,21)(H,19,20)/t9-/m1/s1. The normalized spacial score (nSPS) is 11.9. The van der Waals surface area contributed by atoms with E-state index in [9.17, 15) is 9.59 Å². The molecule has 0 aliphatic rings. The van der Waals surface area contributed by atoms with Crippen LogP contribution in [0.5, 0.6) is 0 Å². The van der Waals surface area contributed by atoms with E-state index in [4.69, 9.17) is 17.3 Å². The number of nitrogens with two attached hydrogens (primary N) is 1. The van der Waals surface area contributed by atoms with Gasteiger partial charge < -0.3 is 16.4 Å². The van der Waals surface area contributed by atoms with Crippen molar-refractivity contribution in [3.63, 3.8) is 0 Å². The molecule has 4 N–H and O–H groups in total. The predicted octanol–water partition coefficient (Wildman–Crippen LogP) is 2.79. The summed E-state index contributed by atoms with van der Waals surface area (Å²) in [5, 5.41) is 8.59. The molecule has 5 nitrogen and oxygen atoms in total. The maximum atomic E-state index is 12.0. The first-order valence-corrected chi connectivity index (χ1v) is 7.89. The molecular formula is C15H16ClN3O2S. The topological polar surface area (TPSA) is 84.2 Å². The fourth-order valence-corrected chi connectivity index (χ4v) is 3.06. The Morgan fingerprint density at radius 1 is 1.32 bits per heavy atom. The lowest BCUT2D eigenvalue weighted by Crippen LogP contribution is -2.30. The Balaban J connectivity index is 1.92. The van der Waals surface area contributed by atoms with Gasteiger partial charge in [-0.1, -0.05) is 29.8 Å². The van der Waals surface area contributed by atoms with Crippen molar-refractivity contribution in [1.29, 1.82) is 0 Å². The summed E-state index contributed by atoms with van der Waals surface area (Å²) in [5.41, 5.74) is 6.47. The van der Waals surface area contributed by atoms with E-state index in [1.54, 1.807) is 17.5 Å². The van der Waals surface area contributed by atoms with Gasteiger partial charge in [0.2, 0.25) is 5.91 Å². The highest BCUT2D eigenvalue weighted by atomic mass is 35.5. The number of carbonyl (C=O) groups is 2. The highest BCUT2D eigenvalue weighted by Gasteiger charge is 2.14. The molecular weight excluding hydrogens is 322 g/mol. The summed E-state index contributed by atoms with van der Waals surface area (Å²) in [6, 6.07) is 8.97. The molecule has 0 saturated heterocycles. The lowest BCUT2D eigenvalue weighted by Gasteiger charge is -2.15. The minimum absolute atomic E-state index is 0.0709. The number of halogens is 1. The van der Waals surface area contributed by atoms with E-state index in [0.29, 0.717) is 15.6 Å². The molecule has 0 bridgehead atoms. The molecule has 1 atom stereocenters. The predicted molar refractivity (Wildman–Crippen MR) is 89.3 cm³/mol. The van der Waals surface area contributed by atoms with Gasteiger partial charge in [-0.15, -0.1) is 11.3 Å². The molecule has 2 rings (SSSR count). The van der Waals surface area contributed by atoms with E-state index in [-0.39, 0.29) is 18.5 Å². The van der Waals surface area contributed by atoms with E-state index in [1.165, 1.54) is 11.3 Å². The zero-order chi connectivity index (χ0) is 16.1. The van der Waals surface area contributed by atoms with Crippen molar-refractivity contribution in [2.75, 3.05) is 11.9 Å². The van der Waals surface area contributed by atoms with Gasteiger partial charge in [-0.3, -0.25) is 9.59 Å². The number of benzene rings is 1. The minimum atomic E-state index is -0.561. The molecule has 2 amide bonds. The molecule has 0 unspecified atom stereocenters. The molecule has 0 fully saturated rings. The van der Waals surface area contributed by atoms with Crippen LogP contribution in [-0.4, -0.2) is 18.4 Å². The van der Waals surface area contributed by atoms with E-state index in [2.05, 4.69) is 10.6 Å². The number of hydrogen-bond acceptors (Lipinski definition) is 4. The van der Waals surface area contributed by atoms with Crippen LogP contribution < -0.4 is 16.4 Å². The number of hydrogen-bond donors (Lipinski definition) is 3. The van der Waals surface area contributed by atoms with Gasteiger partial charge in [0.05, 0.1) is 12.1 Å². The zero-order valence-electron chi connectivity index (χ0n) is 11.9. The second-order valence-electron chi connectivity index (χ2n) is 4.70. The molecule has 1 aromatic carbocycles. The Hall–Kier alpha value is -1.89. The second-order valence-corrected chi connectivity index (χ2v) is 6.02. The quantitative estimate of drug-likeness (QED) is 0.757.